The summed E-state index contributed by atoms with van der Waals surface area (Å²) in [6.45, 7) is 4.05. The Hall–Kier alpha value is -3.35. The Labute approximate surface area is 176 Å². The monoisotopic (exact) mass is 408 g/mol. The van der Waals surface area contributed by atoms with Crippen LogP contribution in [0.4, 0.5) is 11.4 Å². The van der Waals surface area contributed by atoms with E-state index in [1.54, 1.807) is 24.3 Å². The molecule has 1 unspecified atom stereocenters. The molecule has 0 aliphatic heterocycles. The zero-order chi connectivity index (χ0) is 21.5. The van der Waals surface area contributed by atoms with Crippen LogP contribution in [-0.2, 0) is 14.4 Å². The van der Waals surface area contributed by atoms with Gasteiger partial charge in [0.15, 0.2) is 12.4 Å². The van der Waals surface area contributed by atoms with Crippen LogP contribution in [0.2, 0.25) is 0 Å². The number of nitrogens with zero attached hydrogens (tertiary/aromatic N) is 1. The highest BCUT2D eigenvalue weighted by molar-refractivity contribution is 6.00. The maximum absolute atomic E-state index is 12.1. The van der Waals surface area contributed by atoms with E-state index in [9.17, 15) is 9.59 Å². The van der Waals surface area contributed by atoms with Gasteiger partial charge in [-0.05, 0) is 55.0 Å². The largest absolute Gasteiger partial charge is 0.384 e. The summed E-state index contributed by atoms with van der Waals surface area (Å²) in [5, 5.41) is 9.44. The van der Waals surface area contributed by atoms with Crippen molar-refractivity contribution in [1.82, 2.24) is 0 Å². The molecule has 7 nitrogen and oxygen atoms in total. The van der Waals surface area contributed by atoms with E-state index in [-0.39, 0.29) is 30.2 Å². The Bertz CT molecular complexity index is 920. The summed E-state index contributed by atoms with van der Waals surface area (Å²) in [7, 11) is 0. The van der Waals surface area contributed by atoms with Crippen LogP contribution in [-0.4, -0.2) is 24.3 Å². The summed E-state index contributed by atoms with van der Waals surface area (Å²) in [6, 6.07) is 14.8. The highest BCUT2D eigenvalue weighted by atomic mass is 16.6. The first kappa shape index (κ1) is 21.4. The van der Waals surface area contributed by atoms with Crippen LogP contribution in [0.5, 0.6) is 0 Å². The molecule has 1 aliphatic carbocycles. The molecule has 7 heteroatoms. The second kappa shape index (κ2) is 9.91. The molecule has 0 bridgehead atoms. The average Bonchev–Trinajstić information content (AvgIpc) is 3.59. The molecule has 1 aliphatic rings. The summed E-state index contributed by atoms with van der Waals surface area (Å²) in [4.78, 5) is 29.0. The van der Waals surface area contributed by atoms with Gasteiger partial charge in [0.1, 0.15) is 0 Å². The Morgan fingerprint density at radius 2 is 1.87 bits per heavy atom. The first-order chi connectivity index (χ1) is 14.5. The molecule has 1 atom stereocenters. The van der Waals surface area contributed by atoms with Gasteiger partial charge in [-0.3, -0.25) is 9.59 Å². The number of carbonyl (C=O) groups excluding carboxylic acids is 2. The average molecular weight is 409 g/mol. The molecule has 1 fully saturated rings. The van der Waals surface area contributed by atoms with Crippen molar-refractivity contribution in [1.29, 1.82) is 0 Å². The Morgan fingerprint density at radius 1 is 1.13 bits per heavy atom. The van der Waals surface area contributed by atoms with Crippen molar-refractivity contribution in [2.24, 2.45) is 16.8 Å². The number of hydrogen-bond acceptors (Lipinski definition) is 4. The molecule has 2 aromatic rings. The third-order valence-corrected chi connectivity index (χ3v) is 5.11. The van der Waals surface area contributed by atoms with Crippen LogP contribution in [0.1, 0.15) is 50.2 Å². The number of amides is 2. The normalized spacial score (nSPS) is 14.7. The first-order valence-electron chi connectivity index (χ1n) is 10.2. The molecular weight excluding hydrogens is 380 g/mol. The molecule has 2 amide bonds. The van der Waals surface area contributed by atoms with Crippen molar-refractivity contribution in [2.75, 3.05) is 17.2 Å². The molecule has 2 aromatic carbocycles. The van der Waals surface area contributed by atoms with Gasteiger partial charge in [-0.1, -0.05) is 43.3 Å². The molecule has 158 valence electrons. The fraction of sp³-hybridized carbons (Fsp3) is 0.348. The summed E-state index contributed by atoms with van der Waals surface area (Å²) in [5.41, 5.74) is 9.14. The zero-order valence-electron chi connectivity index (χ0n) is 17.4. The number of oxime groups is 1. The van der Waals surface area contributed by atoms with Crippen molar-refractivity contribution < 1.29 is 14.4 Å². The van der Waals surface area contributed by atoms with Crippen molar-refractivity contribution in [3.63, 3.8) is 0 Å². The summed E-state index contributed by atoms with van der Waals surface area (Å²) < 4.78 is 0. The minimum atomic E-state index is -0.326. The van der Waals surface area contributed by atoms with Gasteiger partial charge >= 0.3 is 0 Å². The lowest BCUT2D eigenvalue weighted by molar-refractivity contribution is -0.120. The number of hydrogen-bond donors (Lipinski definition) is 3. The molecule has 4 N–H and O–H groups in total. The smallest absolute Gasteiger partial charge is 0.265 e. The number of carbonyl (C=O) groups is 2. The van der Waals surface area contributed by atoms with Gasteiger partial charge in [-0.15, -0.1) is 0 Å². The van der Waals surface area contributed by atoms with E-state index in [2.05, 4.69) is 29.6 Å². The van der Waals surface area contributed by atoms with Crippen LogP contribution < -0.4 is 16.4 Å². The molecule has 0 radical (unpaired) electrons. The lowest BCUT2D eigenvalue weighted by Gasteiger charge is -2.10. The highest BCUT2D eigenvalue weighted by Gasteiger charge is 2.29. The minimum Gasteiger partial charge on any atom is -0.384 e. The lowest BCUT2D eigenvalue weighted by atomic mass is 9.99. The van der Waals surface area contributed by atoms with Gasteiger partial charge < -0.3 is 21.2 Å². The molecular formula is C23H28N4O3. The zero-order valence-corrected chi connectivity index (χ0v) is 17.4. The van der Waals surface area contributed by atoms with Crippen LogP contribution in [0.15, 0.2) is 53.7 Å². The van der Waals surface area contributed by atoms with Crippen LogP contribution in [0, 0.1) is 5.92 Å². The van der Waals surface area contributed by atoms with Gasteiger partial charge in [0, 0.05) is 22.9 Å². The Morgan fingerprint density at radius 3 is 2.53 bits per heavy atom. The third kappa shape index (κ3) is 6.07. The van der Waals surface area contributed by atoms with Gasteiger partial charge in [0.2, 0.25) is 5.91 Å². The Kier molecular flexibility index (Phi) is 7.06. The van der Waals surface area contributed by atoms with E-state index in [4.69, 9.17) is 10.6 Å². The van der Waals surface area contributed by atoms with E-state index in [0.717, 1.165) is 19.3 Å². The predicted molar refractivity (Wildman–Crippen MR) is 118 cm³/mol. The second-order valence-electron chi connectivity index (χ2n) is 7.57. The van der Waals surface area contributed by atoms with Crippen LogP contribution in [0.25, 0.3) is 0 Å². The predicted octanol–water partition coefficient (Wildman–Crippen LogP) is 3.82. The summed E-state index contributed by atoms with van der Waals surface area (Å²) in [5.74, 6) is 0.424. The van der Waals surface area contributed by atoms with Gasteiger partial charge in [-0.2, -0.15) is 0 Å². The molecule has 0 spiro atoms. The number of anilines is 2. The molecule has 0 heterocycles. The second-order valence-corrected chi connectivity index (χ2v) is 7.57. The van der Waals surface area contributed by atoms with E-state index in [1.807, 2.05) is 24.3 Å². The lowest BCUT2D eigenvalue weighted by Crippen LogP contribution is -2.20. The van der Waals surface area contributed by atoms with Crippen molar-refractivity contribution >= 4 is 29.0 Å². The van der Waals surface area contributed by atoms with Crippen molar-refractivity contribution in [3.05, 3.63) is 59.7 Å². The van der Waals surface area contributed by atoms with E-state index >= 15 is 0 Å². The Balaban J connectivity index is 1.49. The van der Waals surface area contributed by atoms with E-state index < -0.39 is 0 Å². The molecule has 30 heavy (non-hydrogen) atoms. The third-order valence-electron chi connectivity index (χ3n) is 5.11. The fourth-order valence-corrected chi connectivity index (χ4v) is 2.89. The fourth-order valence-electron chi connectivity index (χ4n) is 2.89. The maximum atomic E-state index is 12.1. The topological polar surface area (TPSA) is 106 Å². The quantitative estimate of drug-likeness (QED) is 0.333. The van der Waals surface area contributed by atoms with Crippen molar-refractivity contribution in [2.45, 2.75) is 39.0 Å². The van der Waals surface area contributed by atoms with E-state index in [1.165, 1.54) is 5.56 Å². The SMILES string of the molecule is CCC(C)c1ccc(NC(=O)CO/N=C(/N)c2cccc(NC(=O)C3CC3)c2)cc1. The number of rotatable bonds is 9. The molecule has 1 saturated carbocycles. The first-order valence-corrected chi connectivity index (χ1v) is 10.2. The summed E-state index contributed by atoms with van der Waals surface area (Å²) >= 11 is 0. The maximum Gasteiger partial charge on any atom is 0.265 e. The number of nitrogens with two attached hydrogens (primary N) is 1. The molecule has 3 rings (SSSR count). The molecule has 0 aromatic heterocycles. The highest BCUT2D eigenvalue weighted by Crippen LogP contribution is 2.30. The number of amidine groups is 1. The van der Waals surface area contributed by atoms with Crippen LogP contribution >= 0.6 is 0 Å². The number of nitrogens with one attached hydrogen (secondary N) is 2. The standard InChI is InChI=1S/C23H28N4O3/c1-3-15(2)16-9-11-19(12-10-16)25-21(28)14-30-27-22(24)18-5-4-6-20(13-18)26-23(29)17-7-8-17/h4-6,9-13,15,17H,3,7-8,14H2,1-2H3,(H2,24,27)(H,25,28)(H,26,29). The van der Waals surface area contributed by atoms with Gasteiger partial charge in [0.25, 0.3) is 5.91 Å². The van der Waals surface area contributed by atoms with Gasteiger partial charge in [-0.25, -0.2) is 0 Å². The summed E-state index contributed by atoms with van der Waals surface area (Å²) in [6.07, 6.45) is 2.94. The van der Waals surface area contributed by atoms with E-state index in [0.29, 0.717) is 22.9 Å². The molecule has 0 saturated heterocycles. The minimum absolute atomic E-state index is 0.0211. The van der Waals surface area contributed by atoms with Crippen molar-refractivity contribution in [3.8, 4) is 0 Å². The number of benzene rings is 2. The van der Waals surface area contributed by atoms with Crippen LogP contribution in [0.3, 0.4) is 0 Å². The van der Waals surface area contributed by atoms with Gasteiger partial charge in [0.05, 0.1) is 0 Å².